The molecule has 5 rings (SSSR count). The van der Waals surface area contributed by atoms with E-state index in [-0.39, 0.29) is 11.0 Å². The number of aromatic nitrogens is 4. The molecular weight excluding hydrogens is 474 g/mol. The van der Waals surface area contributed by atoms with E-state index in [1.54, 1.807) is 32.4 Å². The van der Waals surface area contributed by atoms with Crippen LogP contribution in [0.15, 0.2) is 70.4 Å². The standard InChI is InChI=1S/C27H23N5O5/c1-31-24-19(26(34)32(2)27(31)35)12-16(14-28-24)29-25(33)18-13-21(30-20-8-6-5-7-17(18)20)15-9-10-22(36-3)23(11-15)37-4/h5-14H,1-4H3,(H,29,33). The third-order valence-corrected chi connectivity index (χ3v) is 6.19. The molecule has 10 heteroatoms. The first-order valence-corrected chi connectivity index (χ1v) is 11.3. The summed E-state index contributed by atoms with van der Waals surface area (Å²) in [7, 11) is 6.05. The second-order valence-electron chi connectivity index (χ2n) is 8.40. The predicted octanol–water partition coefficient (Wildman–Crippen LogP) is 3.12. The number of methoxy groups -OCH3 is 2. The van der Waals surface area contributed by atoms with Crippen molar-refractivity contribution in [2.45, 2.75) is 0 Å². The first-order valence-electron chi connectivity index (χ1n) is 11.3. The molecule has 10 nitrogen and oxygen atoms in total. The number of ether oxygens (including phenoxy) is 2. The highest BCUT2D eigenvalue weighted by Crippen LogP contribution is 2.33. The number of nitrogens with zero attached hydrogens (tertiary/aromatic N) is 4. The molecule has 0 saturated heterocycles. The van der Waals surface area contributed by atoms with Crippen LogP contribution in [0, 0.1) is 0 Å². The van der Waals surface area contributed by atoms with Crippen molar-refractivity contribution in [1.82, 2.24) is 19.1 Å². The van der Waals surface area contributed by atoms with Crippen molar-refractivity contribution in [1.29, 1.82) is 0 Å². The second kappa shape index (κ2) is 9.23. The third-order valence-electron chi connectivity index (χ3n) is 6.19. The fraction of sp³-hybridized carbons (Fsp3) is 0.148. The van der Waals surface area contributed by atoms with Crippen LogP contribution in [0.2, 0.25) is 0 Å². The Morgan fingerprint density at radius 1 is 0.892 bits per heavy atom. The molecule has 1 N–H and O–H groups in total. The fourth-order valence-electron chi connectivity index (χ4n) is 4.24. The van der Waals surface area contributed by atoms with Crippen LogP contribution in [-0.2, 0) is 14.1 Å². The number of hydrogen-bond acceptors (Lipinski definition) is 7. The van der Waals surface area contributed by atoms with Crippen molar-refractivity contribution in [2.24, 2.45) is 14.1 Å². The van der Waals surface area contributed by atoms with Crippen molar-refractivity contribution in [3.05, 3.63) is 87.2 Å². The number of para-hydroxylation sites is 1. The highest BCUT2D eigenvalue weighted by molar-refractivity contribution is 6.13. The molecule has 37 heavy (non-hydrogen) atoms. The maximum atomic E-state index is 13.5. The van der Waals surface area contributed by atoms with E-state index in [4.69, 9.17) is 14.5 Å². The van der Waals surface area contributed by atoms with Gasteiger partial charge in [-0.2, -0.15) is 0 Å². The van der Waals surface area contributed by atoms with E-state index < -0.39 is 17.2 Å². The lowest BCUT2D eigenvalue weighted by Crippen LogP contribution is -2.37. The van der Waals surface area contributed by atoms with Crippen molar-refractivity contribution in [3.63, 3.8) is 0 Å². The summed E-state index contributed by atoms with van der Waals surface area (Å²) in [6.45, 7) is 0. The molecule has 2 aromatic carbocycles. The van der Waals surface area contributed by atoms with E-state index in [2.05, 4.69) is 10.3 Å². The average Bonchev–Trinajstić information content (AvgIpc) is 2.93. The monoisotopic (exact) mass is 497 g/mol. The molecule has 0 aliphatic carbocycles. The van der Waals surface area contributed by atoms with Gasteiger partial charge in [0.15, 0.2) is 11.5 Å². The van der Waals surface area contributed by atoms with Crippen molar-refractivity contribution in [2.75, 3.05) is 19.5 Å². The Hall–Kier alpha value is -4.99. The Labute approximate surface area is 210 Å². The molecule has 0 aliphatic rings. The molecule has 0 fully saturated rings. The van der Waals surface area contributed by atoms with E-state index in [9.17, 15) is 14.4 Å². The van der Waals surface area contributed by atoms with Gasteiger partial charge in [0, 0.05) is 25.0 Å². The first kappa shape index (κ1) is 23.7. The molecule has 0 atom stereocenters. The molecule has 3 aromatic heterocycles. The number of hydrogen-bond donors (Lipinski definition) is 1. The van der Waals surface area contributed by atoms with Gasteiger partial charge in [-0.25, -0.2) is 14.8 Å². The number of fused-ring (bicyclic) bond motifs is 2. The summed E-state index contributed by atoms with van der Waals surface area (Å²) in [6, 6.07) is 16.0. The van der Waals surface area contributed by atoms with Gasteiger partial charge in [0.1, 0.15) is 5.65 Å². The molecule has 0 radical (unpaired) electrons. The van der Waals surface area contributed by atoms with Gasteiger partial charge in [-0.1, -0.05) is 18.2 Å². The van der Waals surface area contributed by atoms with Crippen molar-refractivity contribution < 1.29 is 14.3 Å². The zero-order chi connectivity index (χ0) is 26.3. The number of pyridine rings is 2. The number of aryl methyl sites for hydroxylation is 1. The van der Waals surface area contributed by atoms with E-state index in [1.165, 1.54) is 30.9 Å². The first-order chi connectivity index (χ1) is 17.8. The highest BCUT2D eigenvalue weighted by atomic mass is 16.5. The molecule has 5 aromatic rings. The summed E-state index contributed by atoms with van der Waals surface area (Å²) in [5.41, 5.74) is 1.93. The summed E-state index contributed by atoms with van der Waals surface area (Å²) in [4.78, 5) is 47.3. The Balaban J connectivity index is 1.60. The zero-order valence-electron chi connectivity index (χ0n) is 20.6. The largest absolute Gasteiger partial charge is 0.493 e. The van der Waals surface area contributed by atoms with Gasteiger partial charge in [0.05, 0.1) is 48.3 Å². The van der Waals surface area contributed by atoms with Gasteiger partial charge in [-0.3, -0.25) is 18.7 Å². The van der Waals surface area contributed by atoms with Gasteiger partial charge < -0.3 is 14.8 Å². The molecule has 0 saturated carbocycles. The summed E-state index contributed by atoms with van der Waals surface area (Å²) in [6.07, 6.45) is 1.41. The van der Waals surface area contributed by atoms with Crippen LogP contribution in [0.3, 0.4) is 0 Å². The summed E-state index contributed by atoms with van der Waals surface area (Å²) in [5.74, 6) is 0.722. The average molecular weight is 498 g/mol. The highest BCUT2D eigenvalue weighted by Gasteiger charge is 2.17. The minimum Gasteiger partial charge on any atom is -0.493 e. The number of carbonyl (C=O) groups excluding carboxylic acids is 1. The van der Waals surface area contributed by atoms with Gasteiger partial charge >= 0.3 is 5.69 Å². The zero-order valence-corrected chi connectivity index (χ0v) is 20.6. The third kappa shape index (κ3) is 4.08. The summed E-state index contributed by atoms with van der Waals surface area (Å²) >= 11 is 0. The molecule has 0 aliphatic heterocycles. The van der Waals surface area contributed by atoms with E-state index >= 15 is 0 Å². The van der Waals surface area contributed by atoms with Gasteiger partial charge in [0.2, 0.25) is 0 Å². The lowest BCUT2D eigenvalue weighted by atomic mass is 10.0. The fourth-order valence-corrected chi connectivity index (χ4v) is 4.24. The minimum atomic E-state index is -0.494. The predicted molar refractivity (Wildman–Crippen MR) is 140 cm³/mol. The molecule has 0 unspecified atom stereocenters. The smallest absolute Gasteiger partial charge is 0.332 e. The number of nitrogens with one attached hydrogen (secondary N) is 1. The van der Waals surface area contributed by atoms with Gasteiger partial charge in [-0.05, 0) is 36.4 Å². The van der Waals surface area contributed by atoms with Gasteiger partial charge in [-0.15, -0.1) is 0 Å². The number of anilines is 1. The molecule has 0 bridgehead atoms. The van der Waals surface area contributed by atoms with Crippen LogP contribution in [0.1, 0.15) is 10.4 Å². The lowest BCUT2D eigenvalue weighted by Gasteiger charge is -2.13. The van der Waals surface area contributed by atoms with Gasteiger partial charge in [0.25, 0.3) is 11.5 Å². The Bertz CT molecular complexity index is 1820. The normalized spacial score (nSPS) is 11.0. The Kier molecular flexibility index (Phi) is 5.92. The number of benzene rings is 2. The van der Waals surface area contributed by atoms with Crippen LogP contribution in [0.5, 0.6) is 11.5 Å². The van der Waals surface area contributed by atoms with Crippen LogP contribution in [0.25, 0.3) is 33.2 Å². The maximum Gasteiger partial charge on any atom is 0.332 e. The lowest BCUT2D eigenvalue weighted by molar-refractivity contribution is 0.102. The SMILES string of the molecule is COc1ccc(-c2cc(C(=O)Nc3cnc4c(c3)c(=O)n(C)c(=O)n4C)c3ccccc3n2)cc1OC. The maximum absolute atomic E-state index is 13.5. The molecule has 186 valence electrons. The van der Waals surface area contributed by atoms with E-state index in [0.717, 1.165) is 10.1 Å². The minimum absolute atomic E-state index is 0.216. The van der Waals surface area contributed by atoms with E-state index in [1.807, 2.05) is 30.3 Å². The number of rotatable bonds is 5. The number of carbonyl (C=O) groups is 1. The van der Waals surface area contributed by atoms with E-state index in [0.29, 0.717) is 39.3 Å². The molecular formula is C27H23N5O5. The molecule has 3 heterocycles. The van der Waals surface area contributed by atoms with Crippen LogP contribution >= 0.6 is 0 Å². The van der Waals surface area contributed by atoms with Crippen molar-refractivity contribution >= 4 is 33.5 Å². The molecule has 1 amide bonds. The van der Waals surface area contributed by atoms with Crippen LogP contribution < -0.4 is 26.0 Å². The topological polar surface area (TPSA) is 117 Å². The Morgan fingerprint density at radius 2 is 1.65 bits per heavy atom. The second-order valence-corrected chi connectivity index (χ2v) is 8.40. The van der Waals surface area contributed by atoms with Crippen LogP contribution in [-0.4, -0.2) is 39.2 Å². The summed E-state index contributed by atoms with van der Waals surface area (Å²) in [5, 5.41) is 3.71. The Morgan fingerprint density at radius 3 is 2.41 bits per heavy atom. The van der Waals surface area contributed by atoms with Crippen molar-refractivity contribution in [3.8, 4) is 22.8 Å². The summed E-state index contributed by atoms with van der Waals surface area (Å²) < 4.78 is 13.0. The molecule has 0 spiro atoms. The number of amides is 1. The van der Waals surface area contributed by atoms with Crippen LogP contribution in [0.4, 0.5) is 5.69 Å². The quantitative estimate of drug-likeness (QED) is 0.396.